The van der Waals surface area contributed by atoms with E-state index in [-0.39, 0.29) is 24.5 Å². The maximum Gasteiger partial charge on any atom is 0.246 e. The van der Waals surface area contributed by atoms with Gasteiger partial charge in [0.1, 0.15) is 19.8 Å². The zero-order valence-electron chi connectivity index (χ0n) is 12.1. The molecule has 1 aromatic carbocycles. The number of nitrogens with one attached hydrogen (secondary N) is 1. The molecule has 1 aliphatic heterocycles. The van der Waals surface area contributed by atoms with Crippen LogP contribution >= 0.6 is 0 Å². The monoisotopic (exact) mass is 279 g/mol. The molecule has 1 aromatic rings. The Morgan fingerprint density at radius 2 is 2.00 bits per heavy atom. The van der Waals surface area contributed by atoms with Gasteiger partial charge in [-0.2, -0.15) is 0 Å². The minimum Gasteiger partial charge on any atom is -0.486 e. The summed E-state index contributed by atoms with van der Waals surface area (Å²) in [4.78, 5) is 11.7. The molecular weight excluding hydrogens is 258 g/mol. The minimum absolute atomic E-state index is 0.0633. The van der Waals surface area contributed by atoms with Gasteiger partial charge in [-0.05, 0) is 23.6 Å². The predicted molar refractivity (Wildman–Crippen MR) is 75.0 cm³/mol. The Hall–Kier alpha value is -1.75. The highest BCUT2D eigenvalue weighted by atomic mass is 16.6. The highest BCUT2D eigenvalue weighted by Gasteiger charge is 2.21. The van der Waals surface area contributed by atoms with Gasteiger partial charge in [0.2, 0.25) is 5.91 Å². The van der Waals surface area contributed by atoms with Crippen molar-refractivity contribution in [1.82, 2.24) is 5.32 Å². The van der Waals surface area contributed by atoms with E-state index < -0.39 is 0 Å². The first kappa shape index (κ1) is 14.7. The number of benzene rings is 1. The number of fused-ring (bicyclic) bond motifs is 1. The second kappa shape index (κ2) is 6.61. The number of carbonyl (C=O) groups excluding carboxylic acids is 1. The van der Waals surface area contributed by atoms with Crippen LogP contribution in [0.2, 0.25) is 0 Å². The lowest BCUT2D eigenvalue weighted by Crippen LogP contribution is -2.34. The molecule has 5 nitrogen and oxygen atoms in total. The largest absolute Gasteiger partial charge is 0.486 e. The molecule has 1 atom stereocenters. The maximum atomic E-state index is 11.7. The predicted octanol–water partition coefficient (Wildman–Crippen LogP) is 1.92. The molecule has 0 saturated carbocycles. The molecule has 1 aliphatic rings. The van der Waals surface area contributed by atoms with Crippen LogP contribution in [0.15, 0.2) is 18.2 Å². The smallest absolute Gasteiger partial charge is 0.246 e. The summed E-state index contributed by atoms with van der Waals surface area (Å²) >= 11 is 0. The van der Waals surface area contributed by atoms with Crippen LogP contribution in [0.25, 0.3) is 0 Å². The summed E-state index contributed by atoms with van der Waals surface area (Å²) in [5.74, 6) is 1.63. The van der Waals surface area contributed by atoms with Gasteiger partial charge in [0.25, 0.3) is 0 Å². The van der Waals surface area contributed by atoms with Gasteiger partial charge in [0.05, 0.1) is 6.04 Å². The lowest BCUT2D eigenvalue weighted by atomic mass is 9.95. The maximum absolute atomic E-state index is 11.7. The Labute approximate surface area is 119 Å². The number of rotatable bonds is 5. The fraction of sp³-hybridized carbons (Fsp3) is 0.533. The first-order valence-electron chi connectivity index (χ1n) is 6.79. The van der Waals surface area contributed by atoms with Crippen molar-refractivity contribution < 1.29 is 19.0 Å². The van der Waals surface area contributed by atoms with Gasteiger partial charge in [0, 0.05) is 7.11 Å². The fourth-order valence-corrected chi connectivity index (χ4v) is 2.23. The quantitative estimate of drug-likeness (QED) is 0.894. The SMILES string of the molecule is COCC(=O)N[C@@H](c1ccc2c(c1)OCCO2)C(C)C. The normalized spacial score (nSPS) is 15.0. The molecular formula is C15H21NO4. The molecule has 110 valence electrons. The van der Waals surface area contributed by atoms with Crippen LogP contribution in [0.1, 0.15) is 25.5 Å². The molecule has 0 radical (unpaired) electrons. The summed E-state index contributed by atoms with van der Waals surface area (Å²) in [6.45, 7) is 5.32. The minimum atomic E-state index is -0.124. The molecule has 1 heterocycles. The van der Waals surface area contributed by atoms with Gasteiger partial charge in [-0.3, -0.25) is 4.79 Å². The standard InChI is InChI=1S/C15H21NO4/c1-10(2)15(16-14(17)9-18-3)11-4-5-12-13(8-11)20-7-6-19-12/h4-5,8,10,15H,6-7,9H2,1-3H3,(H,16,17)/t15-/m1/s1. The van der Waals surface area contributed by atoms with Crippen LogP contribution in [0.4, 0.5) is 0 Å². The molecule has 0 saturated heterocycles. The van der Waals surface area contributed by atoms with E-state index in [4.69, 9.17) is 14.2 Å². The number of ether oxygens (including phenoxy) is 3. The van der Waals surface area contributed by atoms with Gasteiger partial charge in [-0.1, -0.05) is 19.9 Å². The number of hydrogen-bond donors (Lipinski definition) is 1. The molecule has 0 bridgehead atoms. The lowest BCUT2D eigenvalue weighted by molar-refractivity contribution is -0.125. The van der Waals surface area contributed by atoms with Gasteiger partial charge in [-0.15, -0.1) is 0 Å². The van der Waals surface area contributed by atoms with Crippen molar-refractivity contribution in [2.24, 2.45) is 5.92 Å². The van der Waals surface area contributed by atoms with Crippen molar-refractivity contribution in [1.29, 1.82) is 0 Å². The van der Waals surface area contributed by atoms with Crippen molar-refractivity contribution in [3.8, 4) is 11.5 Å². The Kier molecular flexibility index (Phi) is 4.84. The topological polar surface area (TPSA) is 56.8 Å². The summed E-state index contributed by atoms with van der Waals surface area (Å²) in [5.41, 5.74) is 1.01. The molecule has 2 rings (SSSR count). The van der Waals surface area contributed by atoms with E-state index in [1.807, 2.05) is 18.2 Å². The molecule has 0 aromatic heterocycles. The van der Waals surface area contributed by atoms with Gasteiger partial charge in [-0.25, -0.2) is 0 Å². The zero-order valence-corrected chi connectivity index (χ0v) is 12.1. The van der Waals surface area contributed by atoms with Crippen LogP contribution in [0.3, 0.4) is 0 Å². The third-order valence-corrected chi connectivity index (χ3v) is 3.18. The summed E-state index contributed by atoms with van der Waals surface area (Å²) in [5, 5.41) is 2.98. The first-order chi connectivity index (χ1) is 9.61. The molecule has 5 heteroatoms. The third kappa shape index (κ3) is 3.42. The van der Waals surface area contributed by atoms with Crippen molar-refractivity contribution in [3.63, 3.8) is 0 Å². The summed E-state index contributed by atoms with van der Waals surface area (Å²) in [7, 11) is 1.51. The van der Waals surface area contributed by atoms with E-state index in [1.165, 1.54) is 7.11 Å². The van der Waals surface area contributed by atoms with Crippen molar-refractivity contribution >= 4 is 5.91 Å². The van der Waals surface area contributed by atoms with E-state index in [0.29, 0.717) is 13.2 Å². The second-order valence-corrected chi connectivity index (χ2v) is 5.13. The molecule has 0 fully saturated rings. The van der Waals surface area contributed by atoms with E-state index in [1.54, 1.807) is 0 Å². The number of methoxy groups -OCH3 is 1. The molecule has 0 unspecified atom stereocenters. The van der Waals surface area contributed by atoms with Crippen molar-refractivity contribution in [2.45, 2.75) is 19.9 Å². The van der Waals surface area contributed by atoms with Crippen LogP contribution in [0.5, 0.6) is 11.5 Å². The van der Waals surface area contributed by atoms with Gasteiger partial charge in [0.15, 0.2) is 11.5 Å². The molecule has 0 aliphatic carbocycles. The van der Waals surface area contributed by atoms with Gasteiger partial charge < -0.3 is 19.5 Å². The third-order valence-electron chi connectivity index (χ3n) is 3.18. The average molecular weight is 279 g/mol. The first-order valence-corrected chi connectivity index (χ1v) is 6.79. The Morgan fingerprint density at radius 3 is 2.65 bits per heavy atom. The molecule has 0 spiro atoms. The Morgan fingerprint density at radius 1 is 1.30 bits per heavy atom. The zero-order chi connectivity index (χ0) is 14.5. The van der Waals surface area contributed by atoms with Crippen molar-refractivity contribution in [2.75, 3.05) is 26.9 Å². The molecule has 20 heavy (non-hydrogen) atoms. The number of hydrogen-bond acceptors (Lipinski definition) is 4. The Bertz CT molecular complexity index is 473. The Balaban J connectivity index is 2.18. The van der Waals surface area contributed by atoms with Crippen LogP contribution in [-0.4, -0.2) is 32.8 Å². The molecule has 1 N–H and O–H groups in total. The number of amides is 1. The number of carbonyl (C=O) groups is 1. The summed E-state index contributed by atoms with van der Waals surface area (Å²) in [6.07, 6.45) is 0. The second-order valence-electron chi connectivity index (χ2n) is 5.13. The van der Waals surface area contributed by atoms with Crippen LogP contribution in [0, 0.1) is 5.92 Å². The lowest BCUT2D eigenvalue weighted by Gasteiger charge is -2.25. The summed E-state index contributed by atoms with van der Waals surface area (Å²) in [6, 6.07) is 5.72. The van der Waals surface area contributed by atoms with E-state index in [9.17, 15) is 4.79 Å². The molecule has 1 amide bonds. The van der Waals surface area contributed by atoms with E-state index >= 15 is 0 Å². The van der Waals surface area contributed by atoms with Crippen LogP contribution < -0.4 is 14.8 Å². The average Bonchev–Trinajstić information content (AvgIpc) is 2.44. The highest BCUT2D eigenvalue weighted by Crippen LogP contribution is 2.34. The van der Waals surface area contributed by atoms with E-state index in [2.05, 4.69) is 19.2 Å². The van der Waals surface area contributed by atoms with Crippen molar-refractivity contribution in [3.05, 3.63) is 23.8 Å². The highest BCUT2D eigenvalue weighted by molar-refractivity contribution is 5.77. The van der Waals surface area contributed by atoms with Gasteiger partial charge >= 0.3 is 0 Å². The van der Waals surface area contributed by atoms with Crippen LogP contribution in [-0.2, 0) is 9.53 Å². The summed E-state index contributed by atoms with van der Waals surface area (Å²) < 4.78 is 15.9. The van der Waals surface area contributed by atoms with E-state index in [0.717, 1.165) is 17.1 Å². The fourth-order valence-electron chi connectivity index (χ4n) is 2.23.